The number of piperidine rings is 1. The second kappa shape index (κ2) is 4.08. The lowest BCUT2D eigenvalue weighted by Crippen LogP contribution is -2.33. The van der Waals surface area contributed by atoms with E-state index in [4.69, 9.17) is 4.84 Å². The van der Waals surface area contributed by atoms with Crippen LogP contribution in [0.5, 0.6) is 0 Å². The molecular formula is C15H20N4O2. The van der Waals surface area contributed by atoms with E-state index in [1.165, 1.54) is 5.71 Å². The summed E-state index contributed by atoms with van der Waals surface area (Å²) >= 11 is 0. The van der Waals surface area contributed by atoms with Crippen LogP contribution in [0.15, 0.2) is 17.7 Å². The summed E-state index contributed by atoms with van der Waals surface area (Å²) in [5, 5.41) is 4.26. The molecule has 1 saturated heterocycles. The van der Waals surface area contributed by atoms with Crippen LogP contribution in [0.2, 0.25) is 0 Å². The molecule has 112 valence electrons. The molecule has 1 amide bonds. The fraction of sp³-hybridized carbons (Fsp3) is 0.667. The van der Waals surface area contributed by atoms with Gasteiger partial charge in [-0.05, 0) is 25.7 Å². The van der Waals surface area contributed by atoms with Gasteiger partial charge in [-0.25, -0.2) is 4.98 Å². The van der Waals surface area contributed by atoms with Gasteiger partial charge in [-0.15, -0.1) is 0 Å². The maximum Gasteiger partial charge on any atom is 0.274 e. The van der Waals surface area contributed by atoms with Gasteiger partial charge in [-0.1, -0.05) is 5.16 Å². The molecule has 3 heterocycles. The Morgan fingerprint density at radius 3 is 2.62 bits per heavy atom. The average molecular weight is 288 g/mol. The van der Waals surface area contributed by atoms with Crippen molar-refractivity contribution in [2.24, 2.45) is 30.0 Å². The van der Waals surface area contributed by atoms with Crippen LogP contribution >= 0.6 is 0 Å². The van der Waals surface area contributed by atoms with Crippen LogP contribution in [0, 0.1) is 17.8 Å². The van der Waals surface area contributed by atoms with Crippen molar-refractivity contribution in [3.05, 3.63) is 18.2 Å². The van der Waals surface area contributed by atoms with Crippen molar-refractivity contribution in [2.45, 2.75) is 25.9 Å². The summed E-state index contributed by atoms with van der Waals surface area (Å²) in [6, 6.07) is 0. The van der Waals surface area contributed by atoms with E-state index in [-0.39, 0.29) is 11.5 Å². The summed E-state index contributed by atoms with van der Waals surface area (Å²) in [5.41, 5.74) is 1.58. The molecule has 2 fully saturated rings. The molecule has 0 bridgehead atoms. The summed E-state index contributed by atoms with van der Waals surface area (Å²) in [4.78, 5) is 23.9. The molecule has 6 nitrogen and oxygen atoms in total. The Kier molecular flexibility index (Phi) is 2.50. The molecule has 1 aromatic heterocycles. The summed E-state index contributed by atoms with van der Waals surface area (Å²) in [5.74, 6) is 1.70. The number of rotatable bonds is 2. The van der Waals surface area contributed by atoms with Gasteiger partial charge in [0.2, 0.25) is 0 Å². The standard InChI is InChI=1S/C15H20N4O2/c1-15(2)4-11(17-21-15)13-9-5-19(6-10(9)13)14(20)12-7-18(3)8-16-12/h7-10,13H,4-6H2,1-3H3/t9-,10-/m1/s1. The van der Waals surface area contributed by atoms with Crippen LogP contribution in [-0.2, 0) is 11.9 Å². The van der Waals surface area contributed by atoms with Gasteiger partial charge in [0.25, 0.3) is 5.91 Å². The highest BCUT2D eigenvalue weighted by Crippen LogP contribution is 2.54. The van der Waals surface area contributed by atoms with Gasteiger partial charge in [0.1, 0.15) is 11.3 Å². The highest BCUT2D eigenvalue weighted by atomic mass is 16.7. The van der Waals surface area contributed by atoms with Crippen molar-refractivity contribution in [1.29, 1.82) is 0 Å². The summed E-state index contributed by atoms with van der Waals surface area (Å²) in [7, 11) is 1.88. The monoisotopic (exact) mass is 288 g/mol. The van der Waals surface area contributed by atoms with E-state index in [2.05, 4.69) is 24.0 Å². The van der Waals surface area contributed by atoms with Crippen molar-refractivity contribution >= 4 is 11.6 Å². The number of aromatic nitrogens is 2. The SMILES string of the molecule is Cn1cnc(C(=O)N2C[C@H]3C(C4=NOC(C)(C)C4)[C@@H]3C2)c1. The topological polar surface area (TPSA) is 59.7 Å². The highest BCUT2D eigenvalue weighted by Gasteiger charge is 2.60. The number of carbonyl (C=O) groups excluding carboxylic acids is 1. The Labute approximate surface area is 123 Å². The summed E-state index contributed by atoms with van der Waals surface area (Å²) < 4.78 is 1.81. The Hall–Kier alpha value is -1.85. The second-order valence-corrected chi connectivity index (χ2v) is 7.10. The van der Waals surface area contributed by atoms with E-state index in [0.29, 0.717) is 23.4 Å². The number of carbonyl (C=O) groups is 1. The zero-order valence-electron chi connectivity index (χ0n) is 12.6. The lowest BCUT2D eigenvalue weighted by molar-refractivity contribution is 0.0123. The largest absolute Gasteiger partial charge is 0.389 e. The minimum atomic E-state index is -0.157. The Morgan fingerprint density at radius 2 is 2.10 bits per heavy atom. The number of hydrogen-bond acceptors (Lipinski definition) is 4. The van der Waals surface area contributed by atoms with E-state index in [9.17, 15) is 4.79 Å². The Bertz CT molecular complexity index is 621. The lowest BCUT2D eigenvalue weighted by atomic mass is 9.98. The minimum Gasteiger partial charge on any atom is -0.389 e. The van der Waals surface area contributed by atoms with E-state index in [1.54, 1.807) is 17.1 Å². The first kappa shape index (κ1) is 12.9. The molecule has 3 aliphatic rings. The molecule has 2 atom stereocenters. The van der Waals surface area contributed by atoms with E-state index < -0.39 is 0 Å². The smallest absolute Gasteiger partial charge is 0.274 e. The van der Waals surface area contributed by atoms with Crippen molar-refractivity contribution in [3.63, 3.8) is 0 Å². The van der Waals surface area contributed by atoms with Crippen LogP contribution in [0.1, 0.15) is 30.8 Å². The van der Waals surface area contributed by atoms with Crippen molar-refractivity contribution in [3.8, 4) is 0 Å². The van der Waals surface area contributed by atoms with Gasteiger partial charge in [-0.3, -0.25) is 4.79 Å². The molecule has 2 aliphatic heterocycles. The van der Waals surface area contributed by atoms with Gasteiger partial charge >= 0.3 is 0 Å². The number of aryl methyl sites for hydroxylation is 1. The summed E-state index contributed by atoms with van der Waals surface area (Å²) in [6.45, 7) is 5.78. The third-order valence-electron chi connectivity index (χ3n) is 4.81. The van der Waals surface area contributed by atoms with Gasteiger partial charge in [0.05, 0.1) is 12.0 Å². The van der Waals surface area contributed by atoms with Crippen LogP contribution in [0.25, 0.3) is 0 Å². The quantitative estimate of drug-likeness (QED) is 0.824. The van der Waals surface area contributed by atoms with Gasteiger partial charge < -0.3 is 14.3 Å². The molecule has 0 N–H and O–H groups in total. The molecule has 0 spiro atoms. The maximum absolute atomic E-state index is 12.4. The van der Waals surface area contributed by atoms with Crippen molar-refractivity contribution < 1.29 is 9.63 Å². The predicted octanol–water partition coefficient (Wildman–Crippen LogP) is 1.29. The first-order valence-electron chi connectivity index (χ1n) is 7.47. The minimum absolute atomic E-state index is 0.0477. The molecule has 1 aliphatic carbocycles. The molecule has 6 heteroatoms. The number of nitrogens with zero attached hydrogens (tertiary/aromatic N) is 4. The van der Waals surface area contributed by atoms with Crippen LogP contribution in [0.3, 0.4) is 0 Å². The van der Waals surface area contributed by atoms with Crippen LogP contribution in [-0.4, -0.2) is 44.8 Å². The zero-order chi connectivity index (χ0) is 14.8. The third-order valence-corrected chi connectivity index (χ3v) is 4.81. The van der Waals surface area contributed by atoms with Gasteiger partial charge in [-0.2, -0.15) is 0 Å². The number of likely N-dealkylation sites (tertiary alicyclic amines) is 1. The predicted molar refractivity (Wildman–Crippen MR) is 76.8 cm³/mol. The van der Waals surface area contributed by atoms with Crippen LogP contribution < -0.4 is 0 Å². The lowest BCUT2D eigenvalue weighted by Gasteiger charge is -2.19. The van der Waals surface area contributed by atoms with E-state index in [0.717, 1.165) is 19.5 Å². The molecular weight excluding hydrogens is 268 g/mol. The number of imidazole rings is 1. The van der Waals surface area contributed by atoms with Crippen molar-refractivity contribution in [1.82, 2.24) is 14.5 Å². The van der Waals surface area contributed by atoms with Crippen LogP contribution in [0.4, 0.5) is 0 Å². The molecule has 21 heavy (non-hydrogen) atoms. The number of amides is 1. The maximum atomic E-state index is 12.4. The molecule has 1 aromatic rings. The normalized spacial score (nSPS) is 32.6. The van der Waals surface area contributed by atoms with E-state index in [1.807, 2.05) is 11.9 Å². The van der Waals surface area contributed by atoms with Gasteiger partial charge in [0, 0.05) is 38.7 Å². The second-order valence-electron chi connectivity index (χ2n) is 7.10. The third kappa shape index (κ3) is 2.04. The fourth-order valence-electron chi connectivity index (χ4n) is 3.73. The first-order valence-corrected chi connectivity index (χ1v) is 7.47. The van der Waals surface area contributed by atoms with Crippen molar-refractivity contribution in [2.75, 3.05) is 13.1 Å². The average Bonchev–Trinajstić information content (AvgIpc) is 2.84. The van der Waals surface area contributed by atoms with Gasteiger partial charge in [0.15, 0.2) is 0 Å². The highest BCUT2D eigenvalue weighted by molar-refractivity contribution is 5.94. The molecule has 0 radical (unpaired) electrons. The number of fused-ring (bicyclic) bond motifs is 1. The number of hydrogen-bond donors (Lipinski definition) is 0. The Morgan fingerprint density at radius 1 is 1.38 bits per heavy atom. The Balaban J connectivity index is 1.39. The zero-order valence-corrected chi connectivity index (χ0v) is 12.6. The fourth-order valence-corrected chi connectivity index (χ4v) is 3.73. The number of oxime groups is 1. The molecule has 0 aromatic carbocycles. The van der Waals surface area contributed by atoms with E-state index >= 15 is 0 Å². The molecule has 1 saturated carbocycles. The molecule has 4 rings (SSSR count). The summed E-state index contributed by atoms with van der Waals surface area (Å²) in [6.07, 6.45) is 4.36. The first-order chi connectivity index (χ1) is 9.94. The molecule has 0 unspecified atom stereocenters.